The minimum absolute atomic E-state index is 0.105. The highest BCUT2D eigenvalue weighted by molar-refractivity contribution is 5.99. The van der Waals surface area contributed by atoms with Gasteiger partial charge in [0.2, 0.25) is 0 Å². The van der Waals surface area contributed by atoms with Gasteiger partial charge in [-0.1, -0.05) is 43.0 Å². The molecule has 0 saturated heterocycles. The Morgan fingerprint density at radius 1 is 1.08 bits per heavy atom. The zero-order valence-corrected chi connectivity index (χ0v) is 20.8. The Balaban J connectivity index is 1.66. The Morgan fingerprint density at radius 3 is 2.58 bits per heavy atom. The van der Waals surface area contributed by atoms with E-state index in [1.807, 2.05) is 30.5 Å². The number of nitrogens with one attached hydrogen (secondary N) is 3. The van der Waals surface area contributed by atoms with Crippen LogP contribution in [0.15, 0.2) is 85.6 Å². The standard InChI is InChI=1S/C29H28F2N4O3/c1-3-29(30,31)38-26-12-11-19(18-7-6-8-20(13-18)27(36)33-2)15-24(26)28(37)35-22(16-32)14-21-17-34-25-10-5-4-9-23(21)25/h3-13,15,17,22,34H,1,14,16,32H2,2H3,(H,33,36)(H,35,37). The normalized spacial score (nSPS) is 12.1. The largest absolute Gasteiger partial charge is 0.429 e. The molecule has 4 aromatic rings. The molecule has 0 radical (unpaired) electrons. The summed E-state index contributed by atoms with van der Waals surface area (Å²) >= 11 is 0. The van der Waals surface area contributed by atoms with E-state index in [0.29, 0.717) is 29.2 Å². The predicted molar refractivity (Wildman–Crippen MR) is 143 cm³/mol. The van der Waals surface area contributed by atoms with E-state index in [2.05, 4.69) is 22.2 Å². The van der Waals surface area contributed by atoms with E-state index in [4.69, 9.17) is 10.5 Å². The van der Waals surface area contributed by atoms with Crippen LogP contribution in [-0.4, -0.2) is 42.5 Å². The molecule has 0 aliphatic heterocycles. The first-order valence-corrected chi connectivity index (χ1v) is 12.0. The molecule has 1 aromatic heterocycles. The highest BCUT2D eigenvalue weighted by Gasteiger charge is 2.29. The lowest BCUT2D eigenvalue weighted by atomic mass is 9.99. The maximum atomic E-state index is 14.1. The van der Waals surface area contributed by atoms with E-state index in [1.165, 1.54) is 19.2 Å². The Kier molecular flexibility index (Phi) is 7.87. The van der Waals surface area contributed by atoms with Crippen LogP contribution in [0.3, 0.4) is 0 Å². The summed E-state index contributed by atoms with van der Waals surface area (Å²) in [6, 6.07) is 18.3. The maximum absolute atomic E-state index is 14.1. The number of nitrogens with two attached hydrogens (primary N) is 1. The molecule has 9 heteroatoms. The van der Waals surface area contributed by atoms with Crippen molar-refractivity contribution in [3.05, 3.63) is 102 Å². The number of hydrogen-bond donors (Lipinski definition) is 4. The number of alkyl halides is 2. The van der Waals surface area contributed by atoms with Crippen LogP contribution in [0.1, 0.15) is 26.3 Å². The molecular weight excluding hydrogens is 490 g/mol. The van der Waals surface area contributed by atoms with Gasteiger partial charge in [0.25, 0.3) is 11.8 Å². The molecule has 5 N–H and O–H groups in total. The second-order valence-corrected chi connectivity index (χ2v) is 8.71. The van der Waals surface area contributed by atoms with E-state index >= 15 is 0 Å². The molecule has 196 valence electrons. The van der Waals surface area contributed by atoms with Crippen LogP contribution in [0, 0.1) is 0 Å². The van der Waals surface area contributed by atoms with Crippen LogP contribution in [-0.2, 0) is 6.42 Å². The topological polar surface area (TPSA) is 109 Å². The van der Waals surface area contributed by atoms with Gasteiger partial charge in [-0.25, -0.2) is 0 Å². The summed E-state index contributed by atoms with van der Waals surface area (Å²) in [6.45, 7) is 3.22. The molecule has 1 unspecified atom stereocenters. The van der Waals surface area contributed by atoms with Crippen molar-refractivity contribution in [3.8, 4) is 16.9 Å². The Hall–Kier alpha value is -4.50. The second kappa shape index (κ2) is 11.3. The van der Waals surface area contributed by atoms with Gasteiger partial charge < -0.3 is 26.1 Å². The third-order valence-electron chi connectivity index (χ3n) is 6.15. The lowest BCUT2D eigenvalue weighted by molar-refractivity contribution is -0.131. The molecule has 4 rings (SSSR count). The number of benzene rings is 3. The van der Waals surface area contributed by atoms with E-state index < -0.39 is 18.1 Å². The van der Waals surface area contributed by atoms with Crippen LogP contribution in [0.2, 0.25) is 0 Å². The molecule has 0 spiro atoms. The summed E-state index contributed by atoms with van der Waals surface area (Å²) in [4.78, 5) is 28.7. The Morgan fingerprint density at radius 2 is 1.84 bits per heavy atom. The van der Waals surface area contributed by atoms with Gasteiger partial charge in [-0.05, 0) is 53.4 Å². The van der Waals surface area contributed by atoms with Gasteiger partial charge in [-0.2, -0.15) is 8.78 Å². The summed E-state index contributed by atoms with van der Waals surface area (Å²) in [6.07, 6.45) is -1.04. The quantitative estimate of drug-likeness (QED) is 0.229. The Labute approximate surface area is 218 Å². The van der Waals surface area contributed by atoms with Gasteiger partial charge in [0.1, 0.15) is 5.75 Å². The number of aromatic amines is 1. The number of fused-ring (bicyclic) bond motifs is 1. The van der Waals surface area contributed by atoms with Crippen LogP contribution < -0.4 is 21.1 Å². The van der Waals surface area contributed by atoms with Gasteiger partial charge >= 0.3 is 6.11 Å². The number of hydrogen-bond acceptors (Lipinski definition) is 4. The fraction of sp³-hybridized carbons (Fsp3) is 0.172. The molecule has 0 aliphatic rings. The van der Waals surface area contributed by atoms with E-state index in [0.717, 1.165) is 16.5 Å². The number of rotatable bonds is 10. The molecule has 0 bridgehead atoms. The summed E-state index contributed by atoms with van der Waals surface area (Å²) in [7, 11) is 1.52. The number of ether oxygens (including phenoxy) is 1. The van der Waals surface area contributed by atoms with Crippen molar-refractivity contribution >= 4 is 22.7 Å². The smallest absolute Gasteiger partial charge is 0.419 e. The lowest BCUT2D eigenvalue weighted by Gasteiger charge is -2.20. The van der Waals surface area contributed by atoms with Crippen molar-refractivity contribution in [2.45, 2.75) is 18.6 Å². The van der Waals surface area contributed by atoms with Crippen molar-refractivity contribution < 1.29 is 23.1 Å². The third kappa shape index (κ3) is 5.90. The minimum Gasteiger partial charge on any atom is -0.429 e. The van der Waals surface area contributed by atoms with E-state index in [-0.39, 0.29) is 23.8 Å². The highest BCUT2D eigenvalue weighted by atomic mass is 19.3. The SMILES string of the molecule is C=CC(F)(F)Oc1ccc(-c2cccc(C(=O)NC)c2)cc1C(=O)NC(CN)Cc1c[nH]c2ccccc12. The Bertz CT molecular complexity index is 1480. The van der Waals surface area contributed by atoms with Gasteiger partial charge in [0, 0.05) is 48.4 Å². The molecule has 38 heavy (non-hydrogen) atoms. The molecule has 0 aliphatic carbocycles. The zero-order chi connectivity index (χ0) is 27.3. The van der Waals surface area contributed by atoms with Crippen molar-refractivity contribution in [3.63, 3.8) is 0 Å². The van der Waals surface area contributed by atoms with Gasteiger partial charge in [-0.3, -0.25) is 9.59 Å². The number of aromatic nitrogens is 1. The predicted octanol–water partition coefficient (Wildman–Crippen LogP) is 4.65. The van der Waals surface area contributed by atoms with Crippen LogP contribution >= 0.6 is 0 Å². The van der Waals surface area contributed by atoms with Crippen molar-refractivity contribution in [2.24, 2.45) is 5.73 Å². The van der Waals surface area contributed by atoms with E-state index in [1.54, 1.807) is 30.3 Å². The number of carbonyl (C=O) groups excluding carboxylic acids is 2. The maximum Gasteiger partial charge on any atom is 0.419 e. The highest BCUT2D eigenvalue weighted by Crippen LogP contribution is 2.31. The summed E-state index contributed by atoms with van der Waals surface area (Å²) in [5.41, 5.74) is 9.36. The number of amides is 2. The summed E-state index contributed by atoms with van der Waals surface area (Å²) < 4.78 is 33.0. The number of carbonyl (C=O) groups is 2. The molecule has 7 nitrogen and oxygen atoms in total. The number of halogens is 2. The summed E-state index contributed by atoms with van der Waals surface area (Å²) in [5.74, 6) is -1.22. The molecule has 1 heterocycles. The monoisotopic (exact) mass is 518 g/mol. The fourth-order valence-corrected chi connectivity index (χ4v) is 4.17. The first-order valence-electron chi connectivity index (χ1n) is 12.0. The third-order valence-corrected chi connectivity index (χ3v) is 6.15. The van der Waals surface area contributed by atoms with Gasteiger partial charge in [-0.15, -0.1) is 0 Å². The zero-order valence-electron chi connectivity index (χ0n) is 20.8. The average molecular weight is 519 g/mol. The van der Waals surface area contributed by atoms with Gasteiger partial charge in [0.15, 0.2) is 0 Å². The van der Waals surface area contributed by atoms with Crippen molar-refractivity contribution in [1.29, 1.82) is 0 Å². The first kappa shape index (κ1) is 26.6. The first-order chi connectivity index (χ1) is 18.2. The van der Waals surface area contributed by atoms with Gasteiger partial charge in [0.05, 0.1) is 5.56 Å². The molecule has 3 aromatic carbocycles. The summed E-state index contributed by atoms with van der Waals surface area (Å²) in [5, 5.41) is 6.42. The fourth-order valence-electron chi connectivity index (χ4n) is 4.17. The average Bonchev–Trinajstić information content (AvgIpc) is 3.34. The van der Waals surface area contributed by atoms with Crippen molar-refractivity contribution in [1.82, 2.24) is 15.6 Å². The van der Waals surface area contributed by atoms with Crippen LogP contribution in [0.25, 0.3) is 22.0 Å². The van der Waals surface area contributed by atoms with Crippen LogP contribution in [0.5, 0.6) is 5.75 Å². The molecule has 1 atom stereocenters. The van der Waals surface area contributed by atoms with Crippen molar-refractivity contribution in [2.75, 3.05) is 13.6 Å². The number of para-hydroxylation sites is 1. The molecule has 2 amide bonds. The van der Waals surface area contributed by atoms with E-state index in [9.17, 15) is 18.4 Å². The number of H-pyrrole nitrogens is 1. The van der Waals surface area contributed by atoms with Crippen LogP contribution in [0.4, 0.5) is 8.78 Å². The molecule has 0 saturated carbocycles. The second-order valence-electron chi connectivity index (χ2n) is 8.71. The molecular formula is C29H28F2N4O3. The lowest BCUT2D eigenvalue weighted by Crippen LogP contribution is -2.42. The molecule has 0 fully saturated rings. The minimum atomic E-state index is -3.69.